The molecule has 2 aromatic rings. The van der Waals surface area contributed by atoms with Gasteiger partial charge in [-0.15, -0.1) is 0 Å². The van der Waals surface area contributed by atoms with Gasteiger partial charge in [0.1, 0.15) is 6.04 Å². The van der Waals surface area contributed by atoms with Crippen LogP contribution in [0, 0.1) is 17.8 Å². The van der Waals surface area contributed by atoms with E-state index in [2.05, 4.69) is 32.8 Å². The maximum atomic E-state index is 13.6. The average Bonchev–Trinajstić information content (AvgIpc) is 3.19. The Morgan fingerprint density at radius 2 is 1.84 bits per heavy atom. The van der Waals surface area contributed by atoms with Crippen LogP contribution in [0.15, 0.2) is 30.5 Å². The van der Waals surface area contributed by atoms with Gasteiger partial charge in [-0.3, -0.25) is 19.2 Å². The van der Waals surface area contributed by atoms with Crippen molar-refractivity contribution in [3.05, 3.63) is 36.0 Å². The van der Waals surface area contributed by atoms with E-state index in [4.69, 9.17) is 0 Å². The number of nitrogens with one attached hydrogen (secondary N) is 3. The number of carboxylic acids is 1. The third kappa shape index (κ3) is 7.81. The molecule has 0 saturated heterocycles. The molecule has 9 nitrogen and oxygen atoms in total. The van der Waals surface area contributed by atoms with Crippen LogP contribution >= 0.6 is 0 Å². The largest absolute Gasteiger partial charge is 0.481 e. The molecule has 2 heterocycles. The summed E-state index contributed by atoms with van der Waals surface area (Å²) < 4.78 is 2.22. The Hall–Kier alpha value is -3.36. The Bertz CT molecular complexity index is 1110. The standard InChI is InChI=1S/C28H40N4O5/c1-18(2)14-22(23(28(36)37)16-30-19(3)33)26(34)31-24-15-20-17-32(25-11-7-6-10-21(20)25)13-9-5-4-8-12-29-27(24)35/h6-7,10-11,17-18,22-24H,4-5,8-9,12-16H2,1-3H3,(H,29,35)(H,30,33)(H,31,34)(H,36,37)/t22-,23?,24+/m1/s1. The summed E-state index contributed by atoms with van der Waals surface area (Å²) in [6.45, 7) is 6.40. The molecule has 3 amide bonds. The summed E-state index contributed by atoms with van der Waals surface area (Å²) in [6, 6.07) is 7.20. The zero-order valence-corrected chi connectivity index (χ0v) is 22.1. The molecule has 1 aliphatic rings. The van der Waals surface area contributed by atoms with Crippen molar-refractivity contribution in [2.45, 2.75) is 71.9 Å². The monoisotopic (exact) mass is 512 g/mol. The molecule has 1 aliphatic heterocycles. The molecule has 0 fully saturated rings. The van der Waals surface area contributed by atoms with Crippen molar-refractivity contribution in [1.82, 2.24) is 20.5 Å². The van der Waals surface area contributed by atoms with Gasteiger partial charge in [-0.25, -0.2) is 0 Å². The van der Waals surface area contributed by atoms with Crippen LogP contribution in [0.1, 0.15) is 58.4 Å². The molecule has 202 valence electrons. The number of hydrogen-bond donors (Lipinski definition) is 4. The molecule has 3 atom stereocenters. The number of amides is 3. The lowest BCUT2D eigenvalue weighted by Crippen LogP contribution is -2.52. The zero-order chi connectivity index (χ0) is 26.9. The molecule has 4 N–H and O–H groups in total. The molecule has 1 aromatic heterocycles. The lowest BCUT2D eigenvalue weighted by atomic mass is 9.84. The maximum Gasteiger partial charge on any atom is 0.309 e. The Morgan fingerprint density at radius 3 is 2.54 bits per heavy atom. The summed E-state index contributed by atoms with van der Waals surface area (Å²) >= 11 is 0. The van der Waals surface area contributed by atoms with E-state index in [0.29, 0.717) is 19.4 Å². The van der Waals surface area contributed by atoms with E-state index in [1.54, 1.807) is 0 Å². The minimum atomic E-state index is -1.16. The molecule has 9 heteroatoms. The first-order chi connectivity index (χ1) is 17.7. The van der Waals surface area contributed by atoms with Crippen LogP contribution in [0.4, 0.5) is 0 Å². The van der Waals surface area contributed by atoms with E-state index in [-0.39, 0.29) is 24.3 Å². The van der Waals surface area contributed by atoms with Gasteiger partial charge in [-0.1, -0.05) is 44.9 Å². The number of carboxylic acid groups (broad SMARTS) is 1. The molecular weight excluding hydrogens is 472 g/mol. The Morgan fingerprint density at radius 1 is 1.11 bits per heavy atom. The number of aliphatic carboxylic acids is 1. The molecule has 37 heavy (non-hydrogen) atoms. The van der Waals surface area contributed by atoms with Gasteiger partial charge >= 0.3 is 5.97 Å². The number of rotatable bonds is 8. The number of hydrogen-bond acceptors (Lipinski definition) is 4. The lowest BCUT2D eigenvalue weighted by Gasteiger charge is -2.27. The summed E-state index contributed by atoms with van der Waals surface area (Å²) in [4.78, 5) is 50.4. The van der Waals surface area contributed by atoms with Gasteiger partial charge in [0.15, 0.2) is 0 Å². The lowest BCUT2D eigenvalue weighted by molar-refractivity contribution is -0.148. The number of aromatic nitrogens is 1. The molecule has 0 spiro atoms. The first-order valence-electron chi connectivity index (χ1n) is 13.3. The van der Waals surface area contributed by atoms with Crippen LogP contribution in [0.3, 0.4) is 0 Å². The van der Waals surface area contributed by atoms with Crippen LogP contribution in [-0.4, -0.2) is 52.5 Å². The number of carbonyl (C=O) groups excluding carboxylic acids is 3. The number of para-hydroxylation sites is 1. The van der Waals surface area contributed by atoms with Crippen molar-refractivity contribution < 1.29 is 24.3 Å². The predicted octanol–water partition coefficient (Wildman–Crippen LogP) is 2.86. The number of aryl methyl sites for hydroxylation is 1. The first-order valence-corrected chi connectivity index (χ1v) is 13.3. The van der Waals surface area contributed by atoms with Gasteiger partial charge in [0.05, 0.1) is 11.8 Å². The van der Waals surface area contributed by atoms with Crippen molar-refractivity contribution in [2.75, 3.05) is 13.1 Å². The highest BCUT2D eigenvalue weighted by Gasteiger charge is 2.36. The molecular formula is C28H40N4O5. The van der Waals surface area contributed by atoms with Gasteiger partial charge < -0.3 is 25.6 Å². The normalized spacial score (nSPS) is 18.6. The Labute approximate surface area is 218 Å². The van der Waals surface area contributed by atoms with Crippen LogP contribution < -0.4 is 16.0 Å². The van der Waals surface area contributed by atoms with Gasteiger partial charge in [0, 0.05) is 50.1 Å². The highest BCUT2D eigenvalue weighted by atomic mass is 16.4. The van der Waals surface area contributed by atoms with Crippen molar-refractivity contribution in [3.63, 3.8) is 0 Å². The SMILES string of the molecule is CC(=O)NCC(C(=O)O)[C@@H](CC(C)C)C(=O)N[C@H]1Cc2cn(c3ccccc23)CCCCCCNC1=O. The van der Waals surface area contributed by atoms with E-state index in [9.17, 15) is 24.3 Å². The second kappa shape index (κ2) is 13.3. The summed E-state index contributed by atoms with van der Waals surface area (Å²) in [5.41, 5.74) is 2.06. The molecule has 0 radical (unpaired) electrons. The van der Waals surface area contributed by atoms with E-state index in [1.807, 2.05) is 32.0 Å². The van der Waals surface area contributed by atoms with Gasteiger partial charge in [-0.05, 0) is 36.8 Å². The summed E-state index contributed by atoms with van der Waals surface area (Å²) in [5, 5.41) is 19.3. The highest BCUT2D eigenvalue weighted by Crippen LogP contribution is 2.25. The van der Waals surface area contributed by atoms with Crippen molar-refractivity contribution >= 4 is 34.6 Å². The van der Waals surface area contributed by atoms with Gasteiger partial charge in [0.2, 0.25) is 17.7 Å². The number of carbonyl (C=O) groups is 4. The molecule has 3 rings (SSSR count). The van der Waals surface area contributed by atoms with Crippen molar-refractivity contribution in [1.29, 1.82) is 0 Å². The van der Waals surface area contributed by atoms with Gasteiger partial charge in [-0.2, -0.15) is 0 Å². The average molecular weight is 513 g/mol. The number of fused-ring (bicyclic) bond motifs is 5. The third-order valence-corrected chi connectivity index (χ3v) is 6.99. The first kappa shape index (κ1) is 28.2. The van der Waals surface area contributed by atoms with Crippen LogP contribution in [0.5, 0.6) is 0 Å². The minimum Gasteiger partial charge on any atom is -0.481 e. The smallest absolute Gasteiger partial charge is 0.309 e. The van der Waals surface area contributed by atoms with Crippen molar-refractivity contribution in [2.24, 2.45) is 17.8 Å². The Balaban J connectivity index is 1.91. The maximum absolute atomic E-state index is 13.6. The molecule has 2 bridgehead atoms. The third-order valence-electron chi connectivity index (χ3n) is 6.99. The number of benzene rings is 1. The fraction of sp³-hybridized carbons (Fsp3) is 0.571. The van der Waals surface area contributed by atoms with Crippen LogP contribution in [0.25, 0.3) is 10.9 Å². The molecule has 1 unspecified atom stereocenters. The summed E-state index contributed by atoms with van der Waals surface area (Å²) in [6.07, 6.45) is 6.66. The highest BCUT2D eigenvalue weighted by molar-refractivity contribution is 5.92. The quantitative estimate of drug-likeness (QED) is 0.432. The second-order valence-corrected chi connectivity index (χ2v) is 10.5. The van der Waals surface area contributed by atoms with E-state index in [0.717, 1.165) is 48.7 Å². The van der Waals surface area contributed by atoms with E-state index >= 15 is 0 Å². The van der Waals surface area contributed by atoms with E-state index in [1.165, 1.54) is 6.92 Å². The molecule has 0 aliphatic carbocycles. The summed E-state index contributed by atoms with van der Waals surface area (Å²) in [5.74, 6) is -4.24. The second-order valence-electron chi connectivity index (χ2n) is 10.5. The minimum absolute atomic E-state index is 0.0433. The van der Waals surface area contributed by atoms with Crippen LogP contribution in [-0.2, 0) is 32.1 Å². The molecule has 1 aromatic carbocycles. The van der Waals surface area contributed by atoms with E-state index < -0.39 is 29.8 Å². The summed E-state index contributed by atoms with van der Waals surface area (Å²) in [7, 11) is 0. The zero-order valence-electron chi connectivity index (χ0n) is 22.1. The topological polar surface area (TPSA) is 130 Å². The predicted molar refractivity (Wildman–Crippen MR) is 142 cm³/mol. The Kier molecular flexibility index (Phi) is 10.1. The van der Waals surface area contributed by atoms with Crippen molar-refractivity contribution in [3.8, 4) is 0 Å². The van der Waals surface area contributed by atoms with Gasteiger partial charge in [0.25, 0.3) is 0 Å². The fourth-order valence-corrected chi connectivity index (χ4v) is 5.09. The molecule has 0 saturated carbocycles. The fourth-order valence-electron chi connectivity index (χ4n) is 5.09. The number of nitrogens with zero attached hydrogens (tertiary/aromatic N) is 1. The van der Waals surface area contributed by atoms with Crippen LogP contribution in [0.2, 0.25) is 0 Å².